The van der Waals surface area contributed by atoms with Gasteiger partial charge in [0.25, 0.3) is 0 Å². The van der Waals surface area contributed by atoms with E-state index in [9.17, 15) is 44.7 Å². The molecule has 0 spiro atoms. The molecule has 286 valence electrons. The molecule has 1 N–H and O–H groups in total. The molecule has 2 aromatic carbocycles. The number of benzene rings is 2. The zero-order valence-corrected chi connectivity index (χ0v) is 30.3. The average molecular weight is 759 g/mol. The largest absolute Gasteiger partial charge is 0.489 e. The van der Waals surface area contributed by atoms with Crippen LogP contribution >= 0.6 is 0 Å². The number of nitrogens with zero attached hydrogens (tertiary/aromatic N) is 4. The van der Waals surface area contributed by atoms with Crippen LogP contribution in [-0.4, -0.2) is 61.2 Å². The lowest BCUT2D eigenvalue weighted by molar-refractivity contribution is -0.143. The first-order valence-electron chi connectivity index (χ1n) is 17.0. The summed E-state index contributed by atoms with van der Waals surface area (Å²) in [7, 11) is -3.31. The van der Waals surface area contributed by atoms with Gasteiger partial charge in [0, 0.05) is 38.0 Å². The highest BCUT2D eigenvalue weighted by atomic mass is 32.2. The third-order valence-corrected chi connectivity index (χ3v) is 10.3. The summed E-state index contributed by atoms with van der Waals surface area (Å²) in [4.78, 5) is 23.6. The first-order chi connectivity index (χ1) is 24.2. The number of anilines is 2. The monoisotopic (exact) mass is 758 g/mol. The van der Waals surface area contributed by atoms with Crippen molar-refractivity contribution >= 4 is 27.4 Å². The summed E-state index contributed by atoms with van der Waals surface area (Å²) < 4.78 is 112. The van der Waals surface area contributed by atoms with E-state index >= 15 is 0 Å². The van der Waals surface area contributed by atoms with Crippen LogP contribution in [0.15, 0.2) is 48.8 Å². The van der Waals surface area contributed by atoms with Crippen LogP contribution < -0.4 is 14.5 Å². The van der Waals surface area contributed by atoms with E-state index in [1.54, 1.807) is 0 Å². The fraction of sp³-hybridized carbons (Fsp3) is 0.528. The van der Waals surface area contributed by atoms with Crippen molar-refractivity contribution in [1.29, 1.82) is 0 Å². The molecule has 1 atom stereocenters. The molecule has 0 saturated heterocycles. The quantitative estimate of drug-likeness (QED) is 0.154. The Balaban J connectivity index is 1.72. The normalized spacial score (nSPS) is 17.4. The minimum absolute atomic E-state index is 0.00110. The molecule has 9 nitrogen and oxygen atoms in total. The first kappa shape index (κ1) is 40.7. The maximum Gasteiger partial charge on any atom is 0.416 e. The number of aliphatic carboxylic acids is 1. The van der Waals surface area contributed by atoms with Gasteiger partial charge in [-0.15, -0.1) is 0 Å². The molecule has 1 aromatic heterocycles. The fourth-order valence-electron chi connectivity index (χ4n) is 6.53. The SMILES string of the molecule is CCN(C[C@H]1CC[C@H](CC(=O)O)CC1)c1ccc(C)cc1CN(c1ncc(OCCS(C)(=O)=O)cn1)[C@H](C)c1cc(C(F)(F)F)cc(C(F)(F)F)c1. The van der Waals surface area contributed by atoms with E-state index in [2.05, 4.69) is 14.9 Å². The van der Waals surface area contributed by atoms with Gasteiger partial charge >= 0.3 is 18.3 Å². The number of aromatic nitrogens is 2. The van der Waals surface area contributed by atoms with Crippen molar-refractivity contribution in [1.82, 2.24) is 9.97 Å². The topological polar surface area (TPSA) is 113 Å². The maximum atomic E-state index is 13.9. The third kappa shape index (κ3) is 11.5. The minimum Gasteiger partial charge on any atom is -0.489 e. The number of rotatable bonds is 15. The van der Waals surface area contributed by atoms with E-state index in [-0.39, 0.29) is 54.6 Å². The molecule has 1 aliphatic carbocycles. The Morgan fingerprint density at radius 2 is 1.54 bits per heavy atom. The molecular formula is C36H44F6N4O5S. The number of sulfone groups is 1. The van der Waals surface area contributed by atoms with Crippen LogP contribution in [0, 0.1) is 18.8 Å². The number of ether oxygens (including phenoxy) is 1. The highest BCUT2D eigenvalue weighted by Crippen LogP contribution is 2.40. The molecule has 1 fully saturated rings. The predicted molar refractivity (Wildman–Crippen MR) is 185 cm³/mol. The Kier molecular flexibility index (Phi) is 13.1. The molecule has 1 aliphatic rings. The Morgan fingerprint density at radius 3 is 2.06 bits per heavy atom. The third-order valence-electron chi connectivity index (χ3n) is 9.36. The Morgan fingerprint density at radius 1 is 0.962 bits per heavy atom. The first-order valence-corrected chi connectivity index (χ1v) is 19.0. The Hall–Kier alpha value is -4.08. The van der Waals surface area contributed by atoms with Gasteiger partial charge in [-0.25, -0.2) is 18.4 Å². The summed E-state index contributed by atoms with van der Waals surface area (Å²) in [5.41, 5.74) is -0.672. The van der Waals surface area contributed by atoms with Crippen LogP contribution in [0.4, 0.5) is 38.0 Å². The molecule has 1 heterocycles. The van der Waals surface area contributed by atoms with Crippen molar-refractivity contribution in [2.24, 2.45) is 11.8 Å². The van der Waals surface area contributed by atoms with E-state index < -0.39 is 45.3 Å². The van der Waals surface area contributed by atoms with Gasteiger partial charge < -0.3 is 19.6 Å². The number of alkyl halides is 6. The highest BCUT2D eigenvalue weighted by Gasteiger charge is 2.38. The minimum atomic E-state index is -5.04. The van der Waals surface area contributed by atoms with Crippen molar-refractivity contribution in [2.45, 2.75) is 77.8 Å². The van der Waals surface area contributed by atoms with Crippen LogP contribution in [0.3, 0.4) is 0 Å². The van der Waals surface area contributed by atoms with Gasteiger partial charge in [-0.05, 0) is 93.7 Å². The van der Waals surface area contributed by atoms with E-state index in [1.165, 1.54) is 24.2 Å². The summed E-state index contributed by atoms with van der Waals surface area (Å²) in [5, 5.41) is 9.21. The molecule has 0 bridgehead atoms. The zero-order valence-electron chi connectivity index (χ0n) is 29.5. The summed E-state index contributed by atoms with van der Waals surface area (Å²) in [6, 6.07) is 6.19. The van der Waals surface area contributed by atoms with Crippen LogP contribution in [0.2, 0.25) is 0 Å². The lowest BCUT2D eigenvalue weighted by Gasteiger charge is -2.36. The van der Waals surface area contributed by atoms with Gasteiger partial charge in [-0.3, -0.25) is 4.79 Å². The fourth-order valence-corrected chi connectivity index (χ4v) is 6.92. The standard InChI is InChI=1S/C36H44F6N4O5S/c1-5-45(21-26-9-7-25(8-10-26)15-33(47)48)32-11-6-23(2)14-28(32)22-46(34-43-19-31(20-44-34)51-12-13-52(4,49)50)24(3)27-16-29(35(37,38)39)18-30(17-27)36(40,41)42/h6,11,14,16-20,24-26H,5,7-10,12-13,15,21-22H2,1-4H3,(H,47,48)/t24-,25-,26-/m1/s1. The van der Waals surface area contributed by atoms with E-state index in [0.29, 0.717) is 31.1 Å². The number of aryl methyl sites for hydroxylation is 1. The van der Waals surface area contributed by atoms with Crippen LogP contribution in [0.25, 0.3) is 0 Å². The smallest absolute Gasteiger partial charge is 0.416 e. The van der Waals surface area contributed by atoms with Crippen LogP contribution in [0.1, 0.15) is 79.8 Å². The van der Waals surface area contributed by atoms with Crippen molar-refractivity contribution in [3.05, 3.63) is 76.6 Å². The highest BCUT2D eigenvalue weighted by molar-refractivity contribution is 7.90. The molecular weight excluding hydrogens is 714 g/mol. The van der Waals surface area contributed by atoms with Gasteiger partial charge in [-0.1, -0.05) is 17.7 Å². The second-order valence-electron chi connectivity index (χ2n) is 13.5. The zero-order chi connectivity index (χ0) is 38.4. The number of carboxylic acid groups (broad SMARTS) is 1. The van der Waals surface area contributed by atoms with Crippen LogP contribution in [0.5, 0.6) is 5.75 Å². The lowest BCUT2D eigenvalue weighted by atomic mass is 9.80. The van der Waals surface area contributed by atoms with Crippen molar-refractivity contribution in [3.8, 4) is 5.75 Å². The lowest BCUT2D eigenvalue weighted by Crippen LogP contribution is -2.34. The number of halogens is 6. The van der Waals surface area contributed by atoms with Gasteiger partial charge in [0.15, 0.2) is 15.6 Å². The second-order valence-corrected chi connectivity index (χ2v) is 15.8. The summed E-state index contributed by atoms with van der Waals surface area (Å²) in [5.74, 6) is -0.494. The maximum absolute atomic E-state index is 13.9. The molecule has 1 saturated carbocycles. The van der Waals surface area contributed by atoms with Crippen LogP contribution in [-0.2, 0) is 33.5 Å². The van der Waals surface area contributed by atoms with Crippen molar-refractivity contribution in [3.63, 3.8) is 0 Å². The summed E-state index contributed by atoms with van der Waals surface area (Å²) in [6.45, 7) is 6.48. The van der Waals surface area contributed by atoms with E-state index in [4.69, 9.17) is 4.74 Å². The summed E-state index contributed by atoms with van der Waals surface area (Å²) in [6.07, 6.45) is -3.00. The van der Waals surface area contributed by atoms with Crippen molar-refractivity contribution < 1.29 is 49.4 Å². The molecule has 3 aromatic rings. The predicted octanol–water partition coefficient (Wildman–Crippen LogP) is 8.12. The molecule has 16 heteroatoms. The number of carbonyl (C=O) groups is 1. The average Bonchev–Trinajstić information content (AvgIpc) is 3.05. The number of hydrogen-bond donors (Lipinski definition) is 1. The van der Waals surface area contributed by atoms with Gasteiger partial charge in [0.1, 0.15) is 6.61 Å². The molecule has 0 unspecified atom stereocenters. The van der Waals surface area contributed by atoms with Gasteiger partial charge in [0.05, 0.1) is 35.3 Å². The van der Waals surface area contributed by atoms with E-state index in [1.807, 2.05) is 32.0 Å². The summed E-state index contributed by atoms with van der Waals surface area (Å²) >= 11 is 0. The number of carboxylic acids is 1. The molecule has 4 rings (SSSR count). The number of hydrogen-bond acceptors (Lipinski definition) is 8. The molecule has 52 heavy (non-hydrogen) atoms. The second kappa shape index (κ2) is 16.7. The van der Waals surface area contributed by atoms with Gasteiger partial charge in [-0.2, -0.15) is 26.3 Å². The van der Waals surface area contributed by atoms with Crippen molar-refractivity contribution in [2.75, 3.05) is 41.5 Å². The van der Waals surface area contributed by atoms with Gasteiger partial charge in [0.2, 0.25) is 5.95 Å². The Bertz CT molecular complexity index is 1750. The Labute approximate surface area is 299 Å². The van der Waals surface area contributed by atoms with E-state index in [0.717, 1.165) is 48.8 Å². The molecule has 0 radical (unpaired) electrons. The molecule has 0 amide bonds. The molecule has 0 aliphatic heterocycles.